The van der Waals surface area contributed by atoms with Crippen molar-refractivity contribution in [3.63, 3.8) is 0 Å². The molecule has 1 N–H and O–H groups in total. The second-order valence-electron chi connectivity index (χ2n) is 5.20. The van der Waals surface area contributed by atoms with Crippen molar-refractivity contribution in [1.29, 1.82) is 0 Å². The van der Waals surface area contributed by atoms with E-state index in [1.165, 1.54) is 17.5 Å². The molecule has 0 aromatic heterocycles. The standard InChI is InChI=1S/C18H22BrNO/c1-4-5-14-6-8-15(9-7-14)13(2)20-18-12-16(21-3)10-11-17(18)19/h6-13,20H,4-5H2,1-3H3. The predicted octanol–water partition coefficient (Wildman–Crippen LogP) is 5.58. The number of halogens is 1. The Morgan fingerprint density at radius 3 is 2.48 bits per heavy atom. The fourth-order valence-electron chi connectivity index (χ4n) is 2.32. The van der Waals surface area contributed by atoms with Crippen molar-refractivity contribution < 1.29 is 4.74 Å². The molecule has 0 bridgehead atoms. The van der Waals surface area contributed by atoms with Gasteiger partial charge >= 0.3 is 0 Å². The van der Waals surface area contributed by atoms with E-state index in [9.17, 15) is 0 Å². The highest BCUT2D eigenvalue weighted by atomic mass is 79.9. The molecule has 1 atom stereocenters. The second kappa shape index (κ2) is 7.51. The van der Waals surface area contributed by atoms with Crippen molar-refractivity contribution in [3.05, 3.63) is 58.1 Å². The summed E-state index contributed by atoms with van der Waals surface area (Å²) in [5.41, 5.74) is 3.72. The zero-order valence-corrected chi connectivity index (χ0v) is 14.4. The van der Waals surface area contributed by atoms with Crippen LogP contribution in [0, 0.1) is 0 Å². The first kappa shape index (κ1) is 15.9. The monoisotopic (exact) mass is 347 g/mol. The lowest BCUT2D eigenvalue weighted by Crippen LogP contribution is -2.07. The third-order valence-corrected chi connectivity index (χ3v) is 4.26. The predicted molar refractivity (Wildman–Crippen MR) is 93.2 cm³/mol. The molecule has 112 valence electrons. The van der Waals surface area contributed by atoms with E-state index in [1.807, 2.05) is 18.2 Å². The Morgan fingerprint density at radius 2 is 1.86 bits per heavy atom. The van der Waals surface area contributed by atoms with E-state index in [2.05, 4.69) is 59.4 Å². The highest BCUT2D eigenvalue weighted by Gasteiger charge is 2.08. The lowest BCUT2D eigenvalue weighted by atomic mass is 10.0. The number of aryl methyl sites for hydroxylation is 1. The van der Waals surface area contributed by atoms with Crippen LogP contribution in [0.25, 0.3) is 0 Å². The van der Waals surface area contributed by atoms with Crippen LogP contribution in [-0.2, 0) is 6.42 Å². The summed E-state index contributed by atoms with van der Waals surface area (Å²) in [5.74, 6) is 0.853. The summed E-state index contributed by atoms with van der Waals surface area (Å²) in [6.07, 6.45) is 2.33. The fraction of sp³-hybridized carbons (Fsp3) is 0.333. The minimum absolute atomic E-state index is 0.240. The van der Waals surface area contributed by atoms with E-state index < -0.39 is 0 Å². The summed E-state index contributed by atoms with van der Waals surface area (Å²) in [6, 6.07) is 15.0. The lowest BCUT2D eigenvalue weighted by molar-refractivity contribution is 0.415. The molecule has 0 amide bonds. The summed E-state index contributed by atoms with van der Waals surface area (Å²) >= 11 is 3.57. The molecule has 3 heteroatoms. The Hall–Kier alpha value is -1.48. The van der Waals surface area contributed by atoms with Crippen LogP contribution in [0.15, 0.2) is 46.9 Å². The van der Waals surface area contributed by atoms with Gasteiger partial charge in [-0.1, -0.05) is 37.6 Å². The third kappa shape index (κ3) is 4.24. The zero-order valence-electron chi connectivity index (χ0n) is 12.8. The van der Waals surface area contributed by atoms with Crippen molar-refractivity contribution in [1.82, 2.24) is 0 Å². The van der Waals surface area contributed by atoms with Crippen LogP contribution in [0.5, 0.6) is 5.75 Å². The van der Waals surface area contributed by atoms with Gasteiger partial charge in [-0.15, -0.1) is 0 Å². The maximum atomic E-state index is 5.28. The number of nitrogens with one attached hydrogen (secondary N) is 1. The Morgan fingerprint density at radius 1 is 1.14 bits per heavy atom. The number of anilines is 1. The molecule has 0 fully saturated rings. The van der Waals surface area contributed by atoms with Crippen LogP contribution in [0.2, 0.25) is 0 Å². The van der Waals surface area contributed by atoms with Gasteiger partial charge in [-0.2, -0.15) is 0 Å². The summed E-state index contributed by atoms with van der Waals surface area (Å²) < 4.78 is 6.32. The van der Waals surface area contributed by atoms with Crippen LogP contribution >= 0.6 is 15.9 Å². The molecule has 0 saturated heterocycles. The number of methoxy groups -OCH3 is 1. The van der Waals surface area contributed by atoms with Crippen LogP contribution < -0.4 is 10.1 Å². The molecule has 1 unspecified atom stereocenters. The number of ether oxygens (including phenoxy) is 1. The summed E-state index contributed by atoms with van der Waals surface area (Å²) in [7, 11) is 1.68. The van der Waals surface area contributed by atoms with E-state index in [-0.39, 0.29) is 6.04 Å². The molecule has 0 aliphatic rings. The van der Waals surface area contributed by atoms with Gasteiger partial charge < -0.3 is 10.1 Å². The van der Waals surface area contributed by atoms with Gasteiger partial charge in [-0.25, -0.2) is 0 Å². The molecule has 0 heterocycles. The quantitative estimate of drug-likeness (QED) is 0.735. The SMILES string of the molecule is CCCc1ccc(C(C)Nc2cc(OC)ccc2Br)cc1. The number of hydrogen-bond donors (Lipinski definition) is 1. The molecule has 0 aliphatic heterocycles. The van der Waals surface area contributed by atoms with Crippen molar-refractivity contribution in [2.24, 2.45) is 0 Å². The number of hydrogen-bond acceptors (Lipinski definition) is 2. The van der Waals surface area contributed by atoms with Gasteiger partial charge in [0.25, 0.3) is 0 Å². The van der Waals surface area contributed by atoms with Crippen molar-refractivity contribution in [2.75, 3.05) is 12.4 Å². The largest absolute Gasteiger partial charge is 0.497 e. The average molecular weight is 348 g/mol. The Balaban J connectivity index is 2.11. The molecule has 2 aromatic rings. The van der Waals surface area contributed by atoms with E-state index in [1.54, 1.807) is 7.11 Å². The average Bonchev–Trinajstić information content (AvgIpc) is 2.50. The number of benzene rings is 2. The molecule has 0 radical (unpaired) electrons. The van der Waals surface area contributed by atoms with Gasteiger partial charge in [0.15, 0.2) is 0 Å². The summed E-state index contributed by atoms with van der Waals surface area (Å²) in [4.78, 5) is 0. The van der Waals surface area contributed by atoms with Crippen LogP contribution in [0.1, 0.15) is 37.4 Å². The molecule has 21 heavy (non-hydrogen) atoms. The Labute approximate surface area is 135 Å². The minimum atomic E-state index is 0.240. The van der Waals surface area contributed by atoms with Crippen molar-refractivity contribution in [2.45, 2.75) is 32.7 Å². The van der Waals surface area contributed by atoms with Crippen LogP contribution in [0.3, 0.4) is 0 Å². The molecule has 2 aromatic carbocycles. The van der Waals surface area contributed by atoms with Gasteiger partial charge in [-0.3, -0.25) is 0 Å². The molecule has 2 nitrogen and oxygen atoms in total. The van der Waals surface area contributed by atoms with Gasteiger partial charge in [-0.05, 0) is 52.5 Å². The Bertz CT molecular complexity index is 580. The van der Waals surface area contributed by atoms with Gasteiger partial charge in [0.05, 0.1) is 12.8 Å². The summed E-state index contributed by atoms with van der Waals surface area (Å²) in [5, 5.41) is 3.53. The van der Waals surface area contributed by atoms with Crippen molar-refractivity contribution >= 4 is 21.6 Å². The van der Waals surface area contributed by atoms with E-state index in [0.29, 0.717) is 0 Å². The number of rotatable bonds is 6. The van der Waals surface area contributed by atoms with E-state index in [4.69, 9.17) is 4.74 Å². The van der Waals surface area contributed by atoms with Crippen LogP contribution in [-0.4, -0.2) is 7.11 Å². The second-order valence-corrected chi connectivity index (χ2v) is 6.06. The first-order valence-electron chi connectivity index (χ1n) is 7.33. The van der Waals surface area contributed by atoms with Gasteiger partial charge in [0, 0.05) is 16.6 Å². The third-order valence-electron chi connectivity index (χ3n) is 3.56. The molecular weight excluding hydrogens is 326 g/mol. The summed E-state index contributed by atoms with van der Waals surface area (Å²) in [6.45, 7) is 4.37. The minimum Gasteiger partial charge on any atom is -0.497 e. The van der Waals surface area contributed by atoms with E-state index in [0.717, 1.165) is 22.3 Å². The Kier molecular flexibility index (Phi) is 5.68. The molecule has 0 aliphatic carbocycles. The first-order valence-corrected chi connectivity index (χ1v) is 8.12. The molecule has 2 rings (SSSR count). The smallest absolute Gasteiger partial charge is 0.121 e. The van der Waals surface area contributed by atoms with Crippen LogP contribution in [0.4, 0.5) is 5.69 Å². The topological polar surface area (TPSA) is 21.3 Å². The fourth-order valence-corrected chi connectivity index (χ4v) is 2.68. The lowest BCUT2D eigenvalue weighted by Gasteiger charge is -2.18. The van der Waals surface area contributed by atoms with E-state index >= 15 is 0 Å². The van der Waals surface area contributed by atoms with Crippen molar-refractivity contribution in [3.8, 4) is 5.75 Å². The normalized spacial score (nSPS) is 12.0. The maximum Gasteiger partial charge on any atom is 0.121 e. The molecule has 0 spiro atoms. The zero-order chi connectivity index (χ0) is 15.2. The maximum absolute atomic E-state index is 5.28. The van der Waals surface area contributed by atoms with Gasteiger partial charge in [0.1, 0.15) is 5.75 Å². The first-order chi connectivity index (χ1) is 10.1. The molecular formula is C18H22BrNO. The van der Waals surface area contributed by atoms with Gasteiger partial charge in [0.2, 0.25) is 0 Å². The highest BCUT2D eigenvalue weighted by molar-refractivity contribution is 9.10. The molecule has 0 saturated carbocycles. The highest BCUT2D eigenvalue weighted by Crippen LogP contribution is 2.30.